The molecule has 1 aromatic carbocycles. The normalized spacial score (nSPS) is 23.6. The van der Waals surface area contributed by atoms with Crippen molar-refractivity contribution in [2.45, 2.75) is 25.1 Å². The van der Waals surface area contributed by atoms with Gasteiger partial charge in [-0.3, -0.25) is 4.90 Å². The minimum atomic E-state index is 0.387. The molecule has 94 valence electrons. The van der Waals surface area contributed by atoms with Crippen molar-refractivity contribution >= 4 is 11.8 Å². The minimum Gasteiger partial charge on any atom is -0.329 e. The zero-order chi connectivity index (χ0) is 12.3. The number of nitrogens with two attached hydrogens (primary N) is 1. The number of benzene rings is 1. The van der Waals surface area contributed by atoms with E-state index in [0.29, 0.717) is 12.6 Å². The summed E-state index contributed by atoms with van der Waals surface area (Å²) in [5.41, 5.74) is 8.67. The van der Waals surface area contributed by atoms with Gasteiger partial charge in [-0.15, -0.1) is 0 Å². The largest absolute Gasteiger partial charge is 0.329 e. The van der Waals surface area contributed by atoms with Crippen LogP contribution in [0.2, 0.25) is 0 Å². The molecule has 1 aliphatic heterocycles. The van der Waals surface area contributed by atoms with Gasteiger partial charge in [0.05, 0.1) is 0 Å². The Morgan fingerprint density at radius 2 is 2.35 bits per heavy atom. The van der Waals surface area contributed by atoms with Gasteiger partial charge in [0.25, 0.3) is 0 Å². The van der Waals surface area contributed by atoms with Crippen LogP contribution in [0, 0.1) is 6.92 Å². The molecule has 1 fully saturated rings. The molecular weight excluding hydrogens is 228 g/mol. The quantitative estimate of drug-likeness (QED) is 0.893. The van der Waals surface area contributed by atoms with Crippen LogP contribution >= 0.6 is 11.8 Å². The summed E-state index contributed by atoms with van der Waals surface area (Å²) in [6, 6.07) is 9.14. The highest BCUT2D eigenvalue weighted by molar-refractivity contribution is 7.99. The Hall–Kier alpha value is -0.510. The van der Waals surface area contributed by atoms with Crippen LogP contribution in [-0.2, 0) is 0 Å². The smallest absolute Gasteiger partial charge is 0.0471 e. The van der Waals surface area contributed by atoms with Crippen molar-refractivity contribution < 1.29 is 0 Å². The summed E-state index contributed by atoms with van der Waals surface area (Å²) in [5.74, 6) is 1.23. The summed E-state index contributed by atoms with van der Waals surface area (Å²) >= 11 is 2.07. The lowest BCUT2D eigenvalue weighted by molar-refractivity contribution is 0.211. The average molecular weight is 250 g/mol. The van der Waals surface area contributed by atoms with Gasteiger partial charge in [-0.25, -0.2) is 0 Å². The molecule has 1 heterocycles. The molecule has 2 rings (SSSR count). The van der Waals surface area contributed by atoms with Gasteiger partial charge in [-0.1, -0.05) is 36.8 Å². The van der Waals surface area contributed by atoms with E-state index in [1.165, 1.54) is 16.9 Å². The SMILES string of the molecule is Cc1cccc(C(CN)N2CCSC(C)C2)c1. The van der Waals surface area contributed by atoms with Gasteiger partial charge in [0.1, 0.15) is 0 Å². The van der Waals surface area contributed by atoms with Crippen molar-refractivity contribution in [1.29, 1.82) is 0 Å². The second-order valence-electron chi connectivity index (χ2n) is 4.84. The number of rotatable bonds is 3. The first-order chi connectivity index (χ1) is 8.20. The zero-order valence-corrected chi connectivity index (χ0v) is 11.5. The highest BCUT2D eigenvalue weighted by atomic mass is 32.2. The van der Waals surface area contributed by atoms with Gasteiger partial charge in [0.15, 0.2) is 0 Å². The molecule has 2 atom stereocenters. The molecule has 1 aromatic rings. The molecular formula is C14H22N2S. The van der Waals surface area contributed by atoms with Crippen molar-refractivity contribution in [3.8, 4) is 0 Å². The molecule has 0 amide bonds. The lowest BCUT2D eigenvalue weighted by Crippen LogP contribution is -2.42. The van der Waals surface area contributed by atoms with E-state index >= 15 is 0 Å². The first kappa shape index (κ1) is 12.9. The van der Waals surface area contributed by atoms with Crippen LogP contribution in [0.5, 0.6) is 0 Å². The van der Waals surface area contributed by atoms with Gasteiger partial charge in [-0.2, -0.15) is 11.8 Å². The molecule has 0 aliphatic carbocycles. The fraction of sp³-hybridized carbons (Fsp3) is 0.571. The third kappa shape index (κ3) is 3.24. The van der Waals surface area contributed by atoms with E-state index in [4.69, 9.17) is 5.73 Å². The number of hydrogen-bond donors (Lipinski definition) is 1. The number of hydrogen-bond acceptors (Lipinski definition) is 3. The first-order valence-electron chi connectivity index (χ1n) is 6.33. The third-order valence-electron chi connectivity index (χ3n) is 3.36. The van der Waals surface area contributed by atoms with Crippen LogP contribution in [0.1, 0.15) is 24.1 Å². The predicted molar refractivity (Wildman–Crippen MR) is 76.5 cm³/mol. The molecule has 1 aliphatic rings. The Kier molecular flexibility index (Phi) is 4.48. The molecule has 0 spiro atoms. The predicted octanol–water partition coefficient (Wildman–Crippen LogP) is 2.43. The van der Waals surface area contributed by atoms with E-state index in [1.807, 2.05) is 0 Å². The van der Waals surface area contributed by atoms with E-state index < -0.39 is 0 Å². The minimum absolute atomic E-state index is 0.387. The molecule has 1 saturated heterocycles. The lowest BCUT2D eigenvalue weighted by Gasteiger charge is -2.36. The Labute approximate surface area is 109 Å². The van der Waals surface area contributed by atoms with Crippen LogP contribution in [0.25, 0.3) is 0 Å². The van der Waals surface area contributed by atoms with E-state index in [-0.39, 0.29) is 0 Å². The molecule has 0 saturated carbocycles. The second-order valence-corrected chi connectivity index (χ2v) is 6.39. The average Bonchev–Trinajstić information content (AvgIpc) is 2.30. The monoisotopic (exact) mass is 250 g/mol. The maximum Gasteiger partial charge on any atom is 0.0471 e. The zero-order valence-electron chi connectivity index (χ0n) is 10.7. The number of thioether (sulfide) groups is 1. The van der Waals surface area contributed by atoms with Gasteiger partial charge >= 0.3 is 0 Å². The fourth-order valence-electron chi connectivity index (χ4n) is 2.50. The van der Waals surface area contributed by atoms with Crippen molar-refractivity contribution in [3.05, 3.63) is 35.4 Å². The van der Waals surface area contributed by atoms with Gasteiger partial charge in [0, 0.05) is 36.7 Å². The summed E-state index contributed by atoms with van der Waals surface area (Å²) in [6.07, 6.45) is 0. The number of aryl methyl sites for hydroxylation is 1. The summed E-state index contributed by atoms with van der Waals surface area (Å²) in [4.78, 5) is 2.54. The molecule has 0 aromatic heterocycles. The molecule has 0 radical (unpaired) electrons. The van der Waals surface area contributed by atoms with Crippen LogP contribution < -0.4 is 5.73 Å². The maximum absolute atomic E-state index is 5.98. The number of nitrogens with zero attached hydrogens (tertiary/aromatic N) is 1. The summed E-state index contributed by atoms with van der Waals surface area (Å²) in [5, 5.41) is 0.725. The topological polar surface area (TPSA) is 29.3 Å². The summed E-state index contributed by atoms with van der Waals surface area (Å²) in [7, 11) is 0. The van der Waals surface area contributed by atoms with Crippen LogP contribution in [-0.4, -0.2) is 35.5 Å². The van der Waals surface area contributed by atoms with E-state index in [0.717, 1.165) is 18.3 Å². The van der Waals surface area contributed by atoms with Crippen molar-refractivity contribution in [1.82, 2.24) is 4.90 Å². The molecule has 2 unspecified atom stereocenters. The van der Waals surface area contributed by atoms with E-state index in [9.17, 15) is 0 Å². The van der Waals surface area contributed by atoms with Gasteiger partial charge in [0.2, 0.25) is 0 Å². The first-order valence-corrected chi connectivity index (χ1v) is 7.38. The summed E-state index contributed by atoms with van der Waals surface area (Å²) < 4.78 is 0. The Morgan fingerprint density at radius 1 is 1.53 bits per heavy atom. The van der Waals surface area contributed by atoms with Gasteiger partial charge < -0.3 is 5.73 Å². The highest BCUT2D eigenvalue weighted by Crippen LogP contribution is 2.26. The van der Waals surface area contributed by atoms with Crippen LogP contribution in [0.15, 0.2) is 24.3 Å². The third-order valence-corrected chi connectivity index (χ3v) is 4.50. The molecule has 17 heavy (non-hydrogen) atoms. The van der Waals surface area contributed by atoms with Crippen molar-refractivity contribution in [3.63, 3.8) is 0 Å². The molecule has 2 nitrogen and oxygen atoms in total. The van der Waals surface area contributed by atoms with E-state index in [2.05, 4.69) is 54.8 Å². The maximum atomic E-state index is 5.98. The van der Waals surface area contributed by atoms with Crippen LogP contribution in [0.3, 0.4) is 0 Å². The molecule has 3 heteroatoms. The van der Waals surface area contributed by atoms with Crippen molar-refractivity contribution in [2.24, 2.45) is 5.73 Å². The Morgan fingerprint density at radius 3 is 3.00 bits per heavy atom. The Balaban J connectivity index is 2.15. The Bertz CT molecular complexity index is 367. The van der Waals surface area contributed by atoms with E-state index in [1.54, 1.807) is 0 Å². The highest BCUT2D eigenvalue weighted by Gasteiger charge is 2.24. The molecule has 2 N–H and O–H groups in total. The lowest BCUT2D eigenvalue weighted by atomic mass is 10.0. The van der Waals surface area contributed by atoms with Crippen molar-refractivity contribution in [2.75, 3.05) is 25.4 Å². The standard InChI is InChI=1S/C14H22N2S/c1-11-4-3-5-13(8-11)14(9-15)16-6-7-17-12(2)10-16/h3-5,8,12,14H,6-7,9-10,15H2,1-2H3. The summed E-state index contributed by atoms with van der Waals surface area (Å²) in [6.45, 7) is 7.47. The van der Waals surface area contributed by atoms with Crippen LogP contribution in [0.4, 0.5) is 0 Å². The van der Waals surface area contributed by atoms with Gasteiger partial charge in [-0.05, 0) is 12.5 Å². The fourth-order valence-corrected chi connectivity index (χ4v) is 3.54. The molecule has 0 bridgehead atoms. The second kappa shape index (κ2) is 5.89.